The number of likely N-dealkylation sites (N-methyl/N-ethyl adjacent to an activating group) is 1. The molecule has 1 aliphatic heterocycles. The molecule has 1 aromatic heterocycles. The summed E-state index contributed by atoms with van der Waals surface area (Å²) >= 11 is 0. The minimum absolute atomic E-state index is 0.150. The normalized spacial score (nSPS) is 17.2. The number of aliphatic hydroxyl groups is 1. The number of aromatic nitrogens is 1. The van der Waals surface area contributed by atoms with Crippen molar-refractivity contribution in [3.05, 3.63) is 17.0 Å². The van der Waals surface area contributed by atoms with E-state index in [4.69, 9.17) is 4.52 Å². The van der Waals surface area contributed by atoms with Crippen LogP contribution in [0.1, 0.15) is 29.9 Å². The number of aliphatic hydroxyl groups excluding tert-OH is 1. The third-order valence-electron chi connectivity index (χ3n) is 3.73. The Kier molecular flexibility index (Phi) is 4.77. The lowest BCUT2D eigenvalue weighted by Gasteiger charge is -2.24. The predicted molar refractivity (Wildman–Crippen MR) is 74.1 cm³/mol. The van der Waals surface area contributed by atoms with E-state index in [2.05, 4.69) is 5.16 Å². The van der Waals surface area contributed by atoms with E-state index in [1.807, 2.05) is 25.8 Å². The summed E-state index contributed by atoms with van der Waals surface area (Å²) in [5, 5.41) is 14.0. The number of carbonyl (C=O) groups excluding carboxylic acids is 1. The Morgan fingerprint density at radius 1 is 1.50 bits per heavy atom. The van der Waals surface area contributed by atoms with Crippen LogP contribution in [-0.4, -0.2) is 58.8 Å². The van der Waals surface area contributed by atoms with Crippen LogP contribution in [0.2, 0.25) is 0 Å². The molecule has 0 aromatic carbocycles. The van der Waals surface area contributed by atoms with Crippen LogP contribution in [-0.2, 0) is 11.3 Å². The van der Waals surface area contributed by atoms with Gasteiger partial charge in [0, 0.05) is 38.2 Å². The number of hydrogen-bond acceptors (Lipinski definition) is 5. The van der Waals surface area contributed by atoms with E-state index >= 15 is 0 Å². The van der Waals surface area contributed by atoms with Crippen molar-refractivity contribution in [3.63, 3.8) is 0 Å². The van der Waals surface area contributed by atoms with Crippen molar-refractivity contribution in [3.8, 4) is 0 Å². The maximum atomic E-state index is 11.5. The van der Waals surface area contributed by atoms with Gasteiger partial charge in [-0.15, -0.1) is 0 Å². The summed E-state index contributed by atoms with van der Waals surface area (Å²) in [4.78, 5) is 15.3. The van der Waals surface area contributed by atoms with Crippen molar-refractivity contribution in [1.29, 1.82) is 0 Å². The highest BCUT2D eigenvalue weighted by atomic mass is 16.5. The Hall–Kier alpha value is -1.40. The third-order valence-corrected chi connectivity index (χ3v) is 3.73. The molecule has 112 valence electrons. The van der Waals surface area contributed by atoms with Crippen LogP contribution >= 0.6 is 0 Å². The van der Waals surface area contributed by atoms with Gasteiger partial charge < -0.3 is 14.5 Å². The maximum Gasteiger partial charge on any atom is 0.222 e. The Bertz CT molecular complexity index is 453. The first-order valence-corrected chi connectivity index (χ1v) is 7.03. The second-order valence-electron chi connectivity index (χ2n) is 5.60. The minimum atomic E-state index is -0.525. The van der Waals surface area contributed by atoms with Gasteiger partial charge in [-0.3, -0.25) is 9.69 Å². The summed E-state index contributed by atoms with van der Waals surface area (Å²) in [7, 11) is 1.95. The molecule has 1 unspecified atom stereocenters. The van der Waals surface area contributed by atoms with Crippen LogP contribution in [0.25, 0.3) is 0 Å². The summed E-state index contributed by atoms with van der Waals surface area (Å²) in [6.45, 7) is 6.20. The van der Waals surface area contributed by atoms with Gasteiger partial charge in [0.1, 0.15) is 5.76 Å². The Morgan fingerprint density at radius 3 is 2.80 bits per heavy atom. The number of carbonyl (C=O) groups is 1. The monoisotopic (exact) mass is 281 g/mol. The van der Waals surface area contributed by atoms with Gasteiger partial charge in [0.25, 0.3) is 0 Å². The first-order chi connectivity index (χ1) is 9.47. The SMILES string of the molecule is Cc1noc(C)c1CN(C)CC(O)CN1CCCC1=O. The molecule has 0 saturated carbocycles. The van der Waals surface area contributed by atoms with Crippen LogP contribution in [0.4, 0.5) is 0 Å². The molecule has 1 aliphatic rings. The van der Waals surface area contributed by atoms with Gasteiger partial charge in [0.2, 0.25) is 5.91 Å². The molecule has 0 aliphatic carbocycles. The first-order valence-electron chi connectivity index (χ1n) is 7.03. The van der Waals surface area contributed by atoms with Crippen LogP contribution in [0.3, 0.4) is 0 Å². The van der Waals surface area contributed by atoms with E-state index in [0.717, 1.165) is 30.0 Å². The van der Waals surface area contributed by atoms with Gasteiger partial charge in [-0.05, 0) is 27.3 Å². The standard InChI is InChI=1S/C14H23N3O3/c1-10-13(11(2)20-15-10)9-16(3)7-12(18)8-17-6-4-5-14(17)19/h12,18H,4-9H2,1-3H3. The molecule has 1 atom stereocenters. The van der Waals surface area contributed by atoms with E-state index < -0.39 is 6.10 Å². The molecular weight excluding hydrogens is 258 g/mol. The number of hydrogen-bond donors (Lipinski definition) is 1. The van der Waals surface area contributed by atoms with Gasteiger partial charge in [0.05, 0.1) is 11.8 Å². The number of rotatable bonds is 6. The van der Waals surface area contributed by atoms with Crippen LogP contribution < -0.4 is 0 Å². The van der Waals surface area contributed by atoms with Crippen molar-refractivity contribution in [2.24, 2.45) is 0 Å². The third kappa shape index (κ3) is 3.58. The van der Waals surface area contributed by atoms with Crippen LogP contribution in [0.5, 0.6) is 0 Å². The lowest BCUT2D eigenvalue weighted by molar-refractivity contribution is -0.129. The quantitative estimate of drug-likeness (QED) is 0.831. The predicted octanol–water partition coefficient (Wildman–Crippen LogP) is 0.707. The first kappa shape index (κ1) is 15.0. The van der Waals surface area contributed by atoms with Crippen LogP contribution in [0, 0.1) is 13.8 Å². The molecule has 1 saturated heterocycles. The fourth-order valence-corrected chi connectivity index (χ4v) is 2.63. The molecule has 0 radical (unpaired) electrons. The summed E-state index contributed by atoms with van der Waals surface area (Å²) in [5.74, 6) is 0.969. The van der Waals surface area contributed by atoms with Crippen molar-refractivity contribution in [2.45, 2.75) is 39.3 Å². The number of nitrogens with zero attached hydrogens (tertiary/aromatic N) is 3. The van der Waals surface area contributed by atoms with Gasteiger partial charge in [-0.1, -0.05) is 5.16 Å². The summed E-state index contributed by atoms with van der Waals surface area (Å²) in [5.41, 5.74) is 1.95. The minimum Gasteiger partial charge on any atom is -0.390 e. The highest BCUT2D eigenvalue weighted by Gasteiger charge is 2.23. The molecule has 0 spiro atoms. The summed E-state index contributed by atoms with van der Waals surface area (Å²) in [6.07, 6.45) is 0.991. The van der Waals surface area contributed by atoms with Gasteiger partial charge in [-0.2, -0.15) is 0 Å². The van der Waals surface area contributed by atoms with Crippen molar-refractivity contribution in [2.75, 3.05) is 26.7 Å². The molecule has 1 fully saturated rings. The van der Waals surface area contributed by atoms with E-state index in [0.29, 0.717) is 26.1 Å². The molecule has 1 aromatic rings. The molecule has 2 rings (SSSR count). The average molecular weight is 281 g/mol. The highest BCUT2D eigenvalue weighted by molar-refractivity contribution is 5.78. The van der Waals surface area contributed by atoms with Gasteiger partial charge in [0.15, 0.2) is 0 Å². The number of β-amino-alcohol motifs (C(OH)–C–C–N with tert-alkyl or cyclic N) is 1. The zero-order valence-corrected chi connectivity index (χ0v) is 12.4. The Labute approximate surface area is 119 Å². The fraction of sp³-hybridized carbons (Fsp3) is 0.714. The van der Waals surface area contributed by atoms with E-state index in [1.54, 1.807) is 4.90 Å². The van der Waals surface area contributed by atoms with Crippen LogP contribution in [0.15, 0.2) is 4.52 Å². The zero-order valence-electron chi connectivity index (χ0n) is 12.4. The Balaban J connectivity index is 1.82. The summed E-state index contributed by atoms with van der Waals surface area (Å²) in [6, 6.07) is 0. The molecule has 0 bridgehead atoms. The highest BCUT2D eigenvalue weighted by Crippen LogP contribution is 2.15. The van der Waals surface area contributed by atoms with Crippen molar-refractivity contribution >= 4 is 5.91 Å². The van der Waals surface area contributed by atoms with Crippen molar-refractivity contribution < 1.29 is 14.4 Å². The molecule has 1 N–H and O–H groups in total. The summed E-state index contributed by atoms with van der Waals surface area (Å²) < 4.78 is 5.13. The zero-order chi connectivity index (χ0) is 14.7. The fourth-order valence-electron chi connectivity index (χ4n) is 2.63. The lowest BCUT2D eigenvalue weighted by atomic mass is 10.2. The number of likely N-dealkylation sites (tertiary alicyclic amines) is 1. The van der Waals surface area contributed by atoms with E-state index in [1.165, 1.54) is 0 Å². The molecule has 6 nitrogen and oxygen atoms in total. The average Bonchev–Trinajstić information content (AvgIpc) is 2.90. The second kappa shape index (κ2) is 6.37. The number of aryl methyl sites for hydroxylation is 2. The largest absolute Gasteiger partial charge is 0.390 e. The Morgan fingerprint density at radius 2 is 2.25 bits per heavy atom. The smallest absolute Gasteiger partial charge is 0.222 e. The molecular formula is C14H23N3O3. The maximum absolute atomic E-state index is 11.5. The second-order valence-corrected chi connectivity index (χ2v) is 5.60. The topological polar surface area (TPSA) is 69.8 Å². The molecule has 1 amide bonds. The number of amides is 1. The van der Waals surface area contributed by atoms with E-state index in [9.17, 15) is 9.90 Å². The van der Waals surface area contributed by atoms with Gasteiger partial charge in [-0.25, -0.2) is 0 Å². The lowest BCUT2D eigenvalue weighted by Crippen LogP contribution is -2.39. The molecule has 20 heavy (non-hydrogen) atoms. The van der Waals surface area contributed by atoms with E-state index in [-0.39, 0.29) is 5.91 Å². The molecule has 6 heteroatoms. The molecule has 2 heterocycles. The van der Waals surface area contributed by atoms with Gasteiger partial charge >= 0.3 is 0 Å². The van der Waals surface area contributed by atoms with Crippen molar-refractivity contribution in [1.82, 2.24) is 15.0 Å².